The predicted molar refractivity (Wildman–Crippen MR) is 110 cm³/mol. The van der Waals surface area contributed by atoms with Gasteiger partial charge in [0.1, 0.15) is 12.4 Å². The highest BCUT2D eigenvalue weighted by Crippen LogP contribution is 2.13. The first kappa shape index (κ1) is 19.6. The second-order valence-electron chi connectivity index (χ2n) is 6.12. The molecule has 0 aliphatic heterocycles. The molecule has 7 nitrogen and oxygen atoms in total. The van der Waals surface area contributed by atoms with Gasteiger partial charge < -0.3 is 5.32 Å². The number of halogens is 1. The maximum Gasteiger partial charge on any atom is 0.329 e. The molecule has 2 aromatic carbocycles. The number of aromatic nitrogens is 2. The zero-order valence-electron chi connectivity index (χ0n) is 15.2. The Morgan fingerprint density at radius 3 is 2.36 bits per heavy atom. The molecule has 146 valence electrons. The molecule has 0 saturated carbocycles. The van der Waals surface area contributed by atoms with Crippen LogP contribution >= 0.6 is 12.2 Å². The van der Waals surface area contributed by atoms with Crippen molar-refractivity contribution in [1.82, 2.24) is 20.0 Å². The number of thiocarbonyl (C=S) groups is 1. The molecule has 3 rings (SSSR count). The number of aryl methyl sites for hydroxylation is 1. The van der Waals surface area contributed by atoms with Crippen LogP contribution in [0.15, 0.2) is 53.3 Å². The summed E-state index contributed by atoms with van der Waals surface area (Å²) < 4.78 is 16.7. The Morgan fingerprint density at radius 2 is 1.68 bits per heavy atom. The van der Waals surface area contributed by atoms with Crippen LogP contribution in [0, 0.1) is 5.82 Å². The number of hydrogen-bond donors (Lipinski definition) is 3. The van der Waals surface area contributed by atoms with Crippen molar-refractivity contribution in [2.45, 2.75) is 26.4 Å². The van der Waals surface area contributed by atoms with Crippen LogP contribution < -0.4 is 21.9 Å². The molecular weight excluding hydrogens is 381 g/mol. The Labute approximate surface area is 166 Å². The molecule has 0 fully saturated rings. The highest BCUT2D eigenvalue weighted by atomic mass is 32.1. The number of rotatable bonds is 5. The first-order valence-corrected chi connectivity index (χ1v) is 9.20. The van der Waals surface area contributed by atoms with Crippen LogP contribution in [0.4, 0.5) is 10.1 Å². The number of fused-ring (bicyclic) bond motifs is 1. The third-order valence-electron chi connectivity index (χ3n) is 4.11. The smallest absolute Gasteiger partial charge is 0.329 e. The van der Waals surface area contributed by atoms with Crippen LogP contribution in [-0.4, -0.2) is 20.2 Å². The molecule has 0 saturated heterocycles. The normalized spacial score (nSPS) is 10.6. The average molecular weight is 401 g/mol. The van der Waals surface area contributed by atoms with Crippen molar-refractivity contribution in [2.24, 2.45) is 0 Å². The van der Waals surface area contributed by atoms with Crippen molar-refractivity contribution in [3.8, 4) is 0 Å². The number of benzene rings is 2. The van der Waals surface area contributed by atoms with E-state index in [1.165, 1.54) is 16.7 Å². The van der Waals surface area contributed by atoms with E-state index in [1.807, 2.05) is 25.1 Å². The predicted octanol–water partition coefficient (Wildman–Crippen LogP) is 2.37. The van der Waals surface area contributed by atoms with Gasteiger partial charge in [-0.3, -0.25) is 24.8 Å². The summed E-state index contributed by atoms with van der Waals surface area (Å²) in [7, 11) is 0. The minimum atomic E-state index is -0.465. The number of nitrogens with zero attached hydrogens (tertiary/aromatic N) is 2. The quantitative estimate of drug-likeness (QED) is 0.452. The molecule has 0 aliphatic rings. The molecule has 0 unspecified atom stereocenters. The van der Waals surface area contributed by atoms with Gasteiger partial charge in [-0.1, -0.05) is 31.2 Å². The zero-order valence-corrected chi connectivity index (χ0v) is 16.1. The van der Waals surface area contributed by atoms with Gasteiger partial charge in [-0.2, -0.15) is 0 Å². The lowest BCUT2D eigenvalue weighted by Gasteiger charge is -2.12. The van der Waals surface area contributed by atoms with Crippen LogP contribution in [-0.2, 0) is 17.9 Å². The van der Waals surface area contributed by atoms with Crippen molar-refractivity contribution in [3.63, 3.8) is 0 Å². The lowest BCUT2D eigenvalue weighted by molar-refractivity contribution is -0.122. The molecule has 3 N–H and O–H groups in total. The first-order valence-electron chi connectivity index (χ1n) is 8.79. The maximum atomic E-state index is 13.6. The summed E-state index contributed by atoms with van der Waals surface area (Å²) in [4.78, 5) is 25.0. The van der Waals surface area contributed by atoms with Crippen LogP contribution in [0.2, 0.25) is 0 Å². The molecule has 9 heteroatoms. The summed E-state index contributed by atoms with van der Waals surface area (Å²) >= 11 is 5.04. The van der Waals surface area contributed by atoms with Crippen molar-refractivity contribution < 1.29 is 9.18 Å². The highest BCUT2D eigenvalue weighted by Gasteiger charge is 2.15. The Morgan fingerprint density at radius 1 is 1.04 bits per heavy atom. The van der Waals surface area contributed by atoms with Crippen LogP contribution in [0.25, 0.3) is 11.0 Å². The number of nitrogens with one attached hydrogen (secondary N) is 3. The van der Waals surface area contributed by atoms with Gasteiger partial charge in [0.25, 0.3) is 5.91 Å². The van der Waals surface area contributed by atoms with Crippen molar-refractivity contribution in [1.29, 1.82) is 0 Å². The molecule has 0 radical (unpaired) electrons. The fraction of sp³-hybridized carbons (Fsp3) is 0.211. The summed E-state index contributed by atoms with van der Waals surface area (Å²) in [5.74, 6) is -0.924. The summed E-state index contributed by atoms with van der Waals surface area (Å²) in [6, 6.07) is 13.4. The van der Waals surface area contributed by atoms with Gasteiger partial charge in [0.2, 0.25) is 0 Å². The molecule has 3 aromatic rings. The fourth-order valence-electron chi connectivity index (χ4n) is 2.89. The molecule has 1 heterocycles. The summed E-state index contributed by atoms with van der Waals surface area (Å²) in [6.07, 6.45) is 0.803. The van der Waals surface area contributed by atoms with Gasteiger partial charge in [-0.05, 0) is 42.9 Å². The van der Waals surface area contributed by atoms with Crippen molar-refractivity contribution in [3.05, 3.63) is 64.8 Å². The van der Waals surface area contributed by atoms with E-state index in [9.17, 15) is 14.0 Å². The van der Waals surface area contributed by atoms with E-state index in [-0.39, 0.29) is 23.0 Å². The van der Waals surface area contributed by atoms with Crippen LogP contribution in [0.3, 0.4) is 0 Å². The number of carbonyl (C=O) groups is 1. The SMILES string of the molecule is CCCn1c(=O)n(CC(=O)NNC(=S)Nc2ccccc2F)c2ccccc21. The molecular formula is C19H20FN5O2S. The third kappa shape index (κ3) is 4.20. The number of imidazole rings is 1. The lowest BCUT2D eigenvalue weighted by Crippen LogP contribution is -2.46. The maximum absolute atomic E-state index is 13.6. The molecule has 0 spiro atoms. The Bertz CT molecular complexity index is 1080. The van der Waals surface area contributed by atoms with Crippen LogP contribution in [0.5, 0.6) is 0 Å². The largest absolute Gasteiger partial charge is 0.329 e. The van der Waals surface area contributed by atoms with E-state index in [2.05, 4.69) is 16.2 Å². The average Bonchev–Trinajstić information content (AvgIpc) is 2.94. The van der Waals surface area contributed by atoms with Gasteiger partial charge >= 0.3 is 5.69 Å². The Hall–Kier alpha value is -3.20. The topological polar surface area (TPSA) is 80.1 Å². The Balaban J connectivity index is 1.67. The summed E-state index contributed by atoms with van der Waals surface area (Å²) in [5.41, 5.74) is 6.34. The minimum Gasteiger partial charge on any atom is -0.329 e. The van der Waals surface area contributed by atoms with Gasteiger partial charge in [0.15, 0.2) is 5.11 Å². The number of hydrogen-bond acceptors (Lipinski definition) is 3. The van der Waals surface area contributed by atoms with Gasteiger partial charge in [-0.15, -0.1) is 0 Å². The number of para-hydroxylation sites is 3. The number of amides is 1. The molecule has 28 heavy (non-hydrogen) atoms. The van der Waals surface area contributed by atoms with E-state index in [4.69, 9.17) is 12.2 Å². The first-order chi connectivity index (χ1) is 13.5. The second-order valence-corrected chi connectivity index (χ2v) is 6.52. The lowest BCUT2D eigenvalue weighted by atomic mass is 10.3. The molecule has 1 aromatic heterocycles. The van der Waals surface area contributed by atoms with Crippen molar-refractivity contribution >= 4 is 40.0 Å². The summed E-state index contributed by atoms with van der Waals surface area (Å²) in [5, 5.41) is 2.68. The molecule has 1 amide bonds. The monoisotopic (exact) mass is 401 g/mol. The molecule has 0 aliphatic carbocycles. The van der Waals surface area contributed by atoms with E-state index in [0.29, 0.717) is 12.1 Å². The van der Waals surface area contributed by atoms with E-state index < -0.39 is 11.7 Å². The van der Waals surface area contributed by atoms with E-state index in [1.54, 1.807) is 22.8 Å². The van der Waals surface area contributed by atoms with Gasteiger partial charge in [0.05, 0.1) is 16.7 Å². The zero-order chi connectivity index (χ0) is 20.1. The minimum absolute atomic E-state index is 0.0270. The Kier molecular flexibility index (Phi) is 6.05. The van der Waals surface area contributed by atoms with E-state index in [0.717, 1.165) is 11.9 Å². The molecule has 0 bridgehead atoms. The standard InChI is InChI=1S/C19H20FN5O2S/c1-2-11-24-15-9-5-6-10-16(15)25(19(24)27)12-17(26)22-23-18(28)21-14-8-4-3-7-13(14)20/h3-10H,2,11-12H2,1H3,(H,22,26)(H2,21,23,28). The third-order valence-corrected chi connectivity index (χ3v) is 4.32. The molecule has 0 atom stereocenters. The van der Waals surface area contributed by atoms with Gasteiger partial charge in [0, 0.05) is 6.54 Å². The van der Waals surface area contributed by atoms with Gasteiger partial charge in [-0.25, -0.2) is 9.18 Å². The summed E-state index contributed by atoms with van der Waals surface area (Å²) in [6.45, 7) is 2.38. The van der Waals surface area contributed by atoms with E-state index >= 15 is 0 Å². The number of carbonyl (C=O) groups excluding carboxylic acids is 1. The number of anilines is 1. The fourth-order valence-corrected chi connectivity index (χ4v) is 3.05. The van der Waals surface area contributed by atoms with Crippen LogP contribution in [0.1, 0.15) is 13.3 Å². The van der Waals surface area contributed by atoms with Crippen molar-refractivity contribution in [2.75, 3.05) is 5.32 Å². The number of hydrazine groups is 1. The second kappa shape index (κ2) is 8.66. The highest BCUT2D eigenvalue weighted by molar-refractivity contribution is 7.80.